The molecule has 2 unspecified atom stereocenters. The molecule has 6 atom stereocenters. The van der Waals surface area contributed by atoms with E-state index in [2.05, 4.69) is 37.3 Å². The van der Waals surface area contributed by atoms with Crippen LogP contribution in [0.1, 0.15) is 29.5 Å². The Kier molecular flexibility index (Phi) is 5.90. The van der Waals surface area contributed by atoms with Gasteiger partial charge in [0.2, 0.25) is 0 Å². The second kappa shape index (κ2) is 8.42. The van der Waals surface area contributed by atoms with Gasteiger partial charge in [0.1, 0.15) is 24.4 Å². The average molecular weight is 399 g/mol. The Morgan fingerprint density at radius 2 is 1.62 bits per heavy atom. The Labute approximate surface area is 171 Å². The van der Waals surface area contributed by atoms with Crippen LogP contribution in [-0.2, 0) is 17.6 Å². The number of benzene rings is 2. The summed E-state index contributed by atoms with van der Waals surface area (Å²) in [6, 6.07) is 16.7. The molecule has 2 aliphatic rings. The lowest BCUT2D eigenvalue weighted by atomic mass is 9.93. The minimum Gasteiger partial charge on any atom is -0.394 e. The smallest absolute Gasteiger partial charge is 0.159 e. The second-order valence-electron chi connectivity index (χ2n) is 8.00. The molecule has 29 heavy (non-hydrogen) atoms. The monoisotopic (exact) mass is 399 g/mol. The number of aliphatic hydroxyl groups is 4. The molecule has 0 bridgehead atoms. The number of anilines is 1. The Bertz CT molecular complexity index is 824. The zero-order valence-corrected chi connectivity index (χ0v) is 16.6. The van der Waals surface area contributed by atoms with Gasteiger partial charge in [-0.25, -0.2) is 0 Å². The molecular formula is C23H29NO5. The van der Waals surface area contributed by atoms with Crippen LogP contribution in [-0.4, -0.2) is 64.2 Å². The maximum Gasteiger partial charge on any atom is 0.159 e. The van der Waals surface area contributed by atoms with E-state index in [1.54, 1.807) is 0 Å². The number of nitrogens with zero attached hydrogens (tertiary/aromatic N) is 1. The molecule has 1 fully saturated rings. The summed E-state index contributed by atoms with van der Waals surface area (Å²) in [7, 11) is 0. The summed E-state index contributed by atoms with van der Waals surface area (Å²) in [5.41, 5.74) is 4.68. The quantitative estimate of drug-likeness (QED) is 0.604. The standard InChI is InChI=1S/C23H29NO5/c1-2-14-7-9-15(10-8-14)11-16-12-24(18-6-4-3-5-17(16)18)23-22(28)21(27)20(26)19(13-25)29-23/h3-10,16,19-23,25-28H,2,11-13H2,1H3/t16?,19-,20-,21+,22-,23?/m1/s1. The van der Waals surface area contributed by atoms with E-state index in [4.69, 9.17) is 4.74 Å². The van der Waals surface area contributed by atoms with Crippen molar-refractivity contribution in [1.82, 2.24) is 0 Å². The molecule has 2 heterocycles. The third-order valence-electron chi connectivity index (χ3n) is 6.19. The third-order valence-corrected chi connectivity index (χ3v) is 6.19. The van der Waals surface area contributed by atoms with Crippen molar-refractivity contribution in [2.45, 2.75) is 56.3 Å². The summed E-state index contributed by atoms with van der Waals surface area (Å²) in [6.07, 6.45) is -3.88. The Morgan fingerprint density at radius 1 is 0.931 bits per heavy atom. The fourth-order valence-corrected chi connectivity index (χ4v) is 4.48. The molecule has 2 aliphatic heterocycles. The predicted molar refractivity (Wildman–Crippen MR) is 110 cm³/mol. The first-order valence-electron chi connectivity index (χ1n) is 10.3. The minimum atomic E-state index is -1.38. The van der Waals surface area contributed by atoms with Crippen LogP contribution in [0.15, 0.2) is 48.5 Å². The van der Waals surface area contributed by atoms with Crippen LogP contribution in [0, 0.1) is 0 Å². The highest BCUT2D eigenvalue weighted by molar-refractivity contribution is 5.61. The Hall–Kier alpha value is -1.96. The number of fused-ring (bicyclic) bond motifs is 1. The molecule has 4 rings (SSSR count). The van der Waals surface area contributed by atoms with Gasteiger partial charge in [0.05, 0.1) is 6.61 Å². The van der Waals surface area contributed by atoms with Crippen molar-refractivity contribution in [3.8, 4) is 0 Å². The molecule has 0 aliphatic carbocycles. The van der Waals surface area contributed by atoms with E-state index >= 15 is 0 Å². The van der Waals surface area contributed by atoms with Crippen molar-refractivity contribution in [2.24, 2.45) is 0 Å². The van der Waals surface area contributed by atoms with Crippen LogP contribution < -0.4 is 4.90 Å². The van der Waals surface area contributed by atoms with Crippen LogP contribution in [0.4, 0.5) is 5.69 Å². The van der Waals surface area contributed by atoms with Crippen LogP contribution in [0.2, 0.25) is 0 Å². The fraction of sp³-hybridized carbons (Fsp3) is 0.478. The third kappa shape index (κ3) is 3.79. The summed E-state index contributed by atoms with van der Waals surface area (Å²) in [4.78, 5) is 1.95. The maximum absolute atomic E-state index is 10.6. The molecule has 6 nitrogen and oxygen atoms in total. The number of rotatable bonds is 5. The number of aryl methyl sites for hydroxylation is 1. The number of aliphatic hydroxyl groups excluding tert-OH is 4. The summed E-state index contributed by atoms with van der Waals surface area (Å²) in [5.74, 6) is 0.214. The number of para-hydroxylation sites is 1. The Balaban J connectivity index is 1.59. The van der Waals surface area contributed by atoms with Gasteiger partial charge >= 0.3 is 0 Å². The zero-order chi connectivity index (χ0) is 20.5. The number of ether oxygens (including phenoxy) is 1. The van der Waals surface area contributed by atoms with E-state index in [0.717, 1.165) is 18.5 Å². The highest BCUT2D eigenvalue weighted by Gasteiger charge is 2.47. The van der Waals surface area contributed by atoms with Gasteiger partial charge in [-0.3, -0.25) is 0 Å². The minimum absolute atomic E-state index is 0.214. The summed E-state index contributed by atoms with van der Waals surface area (Å²) in [6.45, 7) is 2.34. The van der Waals surface area contributed by atoms with Crippen molar-refractivity contribution < 1.29 is 25.2 Å². The molecule has 2 aromatic carbocycles. The molecule has 4 N–H and O–H groups in total. The van der Waals surface area contributed by atoms with Crippen molar-refractivity contribution in [3.63, 3.8) is 0 Å². The van der Waals surface area contributed by atoms with E-state index in [-0.39, 0.29) is 5.92 Å². The first-order chi connectivity index (χ1) is 14.0. The summed E-state index contributed by atoms with van der Waals surface area (Å²) in [5, 5.41) is 40.4. The molecule has 2 aromatic rings. The van der Waals surface area contributed by atoms with Crippen molar-refractivity contribution in [3.05, 3.63) is 65.2 Å². The summed E-state index contributed by atoms with van der Waals surface area (Å²) >= 11 is 0. The number of hydrogen-bond acceptors (Lipinski definition) is 6. The Morgan fingerprint density at radius 3 is 2.31 bits per heavy atom. The van der Waals surface area contributed by atoms with Crippen molar-refractivity contribution in [2.75, 3.05) is 18.1 Å². The molecule has 0 aromatic heterocycles. The fourth-order valence-electron chi connectivity index (χ4n) is 4.48. The molecule has 0 spiro atoms. The molecule has 0 radical (unpaired) electrons. The molecular weight excluding hydrogens is 370 g/mol. The molecule has 1 saturated heterocycles. The van der Waals surface area contributed by atoms with Crippen molar-refractivity contribution >= 4 is 5.69 Å². The SMILES string of the molecule is CCc1ccc(CC2CN(C3O[C@H](CO)[C@@H](O)[C@H](O)[C@H]3O)c3ccccc32)cc1. The predicted octanol–water partition coefficient (Wildman–Crippen LogP) is 1.20. The van der Waals surface area contributed by atoms with Gasteiger partial charge in [-0.2, -0.15) is 0 Å². The maximum atomic E-state index is 10.6. The van der Waals surface area contributed by atoms with E-state index in [0.29, 0.717) is 6.54 Å². The van der Waals surface area contributed by atoms with E-state index in [1.165, 1.54) is 16.7 Å². The van der Waals surface area contributed by atoms with Gasteiger partial charge in [-0.05, 0) is 35.6 Å². The van der Waals surface area contributed by atoms with E-state index < -0.39 is 37.3 Å². The van der Waals surface area contributed by atoms with E-state index in [9.17, 15) is 20.4 Å². The first kappa shape index (κ1) is 20.3. The number of hydrogen-bond donors (Lipinski definition) is 4. The zero-order valence-electron chi connectivity index (χ0n) is 16.6. The topological polar surface area (TPSA) is 93.4 Å². The lowest BCUT2D eigenvalue weighted by Gasteiger charge is -2.44. The highest BCUT2D eigenvalue weighted by Crippen LogP contribution is 2.41. The van der Waals surface area contributed by atoms with Gasteiger partial charge in [-0.15, -0.1) is 0 Å². The largest absolute Gasteiger partial charge is 0.394 e. The lowest BCUT2D eigenvalue weighted by Crippen LogP contribution is -2.63. The van der Waals surface area contributed by atoms with Crippen LogP contribution in [0.5, 0.6) is 0 Å². The second-order valence-corrected chi connectivity index (χ2v) is 8.00. The van der Waals surface area contributed by atoms with Gasteiger partial charge in [0.15, 0.2) is 6.23 Å². The van der Waals surface area contributed by atoms with Gasteiger partial charge < -0.3 is 30.1 Å². The molecule has 156 valence electrons. The molecule has 0 saturated carbocycles. The van der Waals surface area contributed by atoms with Gasteiger partial charge in [0.25, 0.3) is 0 Å². The van der Waals surface area contributed by atoms with E-state index in [1.807, 2.05) is 23.1 Å². The molecule has 0 amide bonds. The van der Waals surface area contributed by atoms with Crippen LogP contribution in [0.3, 0.4) is 0 Å². The lowest BCUT2D eigenvalue weighted by molar-refractivity contribution is -0.228. The average Bonchev–Trinajstić information content (AvgIpc) is 3.11. The first-order valence-corrected chi connectivity index (χ1v) is 10.3. The highest BCUT2D eigenvalue weighted by atomic mass is 16.6. The van der Waals surface area contributed by atoms with Crippen molar-refractivity contribution in [1.29, 1.82) is 0 Å². The summed E-state index contributed by atoms with van der Waals surface area (Å²) < 4.78 is 5.82. The normalized spacial score (nSPS) is 31.7. The van der Waals surface area contributed by atoms with Gasteiger partial charge in [-0.1, -0.05) is 49.4 Å². The van der Waals surface area contributed by atoms with Gasteiger partial charge in [0, 0.05) is 18.2 Å². The van der Waals surface area contributed by atoms with Crippen LogP contribution in [0.25, 0.3) is 0 Å². The van der Waals surface area contributed by atoms with Crippen LogP contribution >= 0.6 is 0 Å². The molecule has 6 heteroatoms.